The second-order valence-corrected chi connectivity index (χ2v) is 3.17. The largest absolute Gasteiger partial charge is 0.497 e. The van der Waals surface area contributed by atoms with Gasteiger partial charge in [0.05, 0.1) is 7.11 Å². The van der Waals surface area contributed by atoms with E-state index >= 15 is 0 Å². The Bertz CT molecular complexity index is 461. The lowest BCUT2D eigenvalue weighted by Crippen LogP contribution is -1.98. The monoisotopic (exact) mass is 204 g/mol. The van der Waals surface area contributed by atoms with Crippen molar-refractivity contribution in [1.82, 2.24) is 14.8 Å². The summed E-state index contributed by atoms with van der Waals surface area (Å²) >= 11 is 0. The van der Waals surface area contributed by atoms with Gasteiger partial charge >= 0.3 is 0 Å². The molecule has 0 amide bonds. The lowest BCUT2D eigenvalue weighted by atomic mass is 10.2. The van der Waals surface area contributed by atoms with Crippen LogP contribution in [0, 0.1) is 0 Å². The van der Waals surface area contributed by atoms with Crippen LogP contribution in [0.25, 0.3) is 11.4 Å². The number of aromatic nitrogens is 3. The maximum Gasteiger partial charge on any atom is 0.222 e. The molecular weight excluding hydrogens is 192 g/mol. The Morgan fingerprint density at radius 2 is 1.87 bits per heavy atom. The summed E-state index contributed by atoms with van der Waals surface area (Å²) in [7, 11) is 3.46. The first-order valence-electron chi connectivity index (χ1n) is 4.51. The molecule has 0 atom stereocenters. The third kappa shape index (κ3) is 1.63. The van der Waals surface area contributed by atoms with Crippen LogP contribution in [0.5, 0.6) is 5.75 Å². The predicted octanol–water partition coefficient (Wildman–Crippen LogP) is 1.07. The normalized spacial score (nSPS) is 10.3. The first kappa shape index (κ1) is 9.51. The van der Waals surface area contributed by atoms with Crippen LogP contribution >= 0.6 is 0 Å². The second-order valence-electron chi connectivity index (χ2n) is 3.17. The maximum absolute atomic E-state index is 5.60. The predicted molar refractivity (Wildman–Crippen MR) is 57.4 cm³/mol. The number of nitrogens with two attached hydrogens (primary N) is 1. The molecule has 0 aliphatic rings. The summed E-state index contributed by atoms with van der Waals surface area (Å²) in [5.41, 5.74) is 6.56. The van der Waals surface area contributed by atoms with Crippen molar-refractivity contribution >= 4 is 5.95 Å². The van der Waals surface area contributed by atoms with Crippen LogP contribution in [0.4, 0.5) is 5.95 Å². The molecule has 5 heteroatoms. The number of hydrogen-bond donors (Lipinski definition) is 1. The van der Waals surface area contributed by atoms with Gasteiger partial charge in [0.25, 0.3) is 0 Å². The van der Waals surface area contributed by atoms with E-state index in [-0.39, 0.29) is 0 Å². The fourth-order valence-corrected chi connectivity index (χ4v) is 1.33. The molecule has 78 valence electrons. The van der Waals surface area contributed by atoms with E-state index in [0.29, 0.717) is 5.95 Å². The summed E-state index contributed by atoms with van der Waals surface area (Å²) in [5, 5.41) is 7.78. The molecule has 0 radical (unpaired) electrons. The molecule has 0 spiro atoms. The first-order valence-corrected chi connectivity index (χ1v) is 4.51. The summed E-state index contributed by atoms with van der Waals surface area (Å²) in [5.74, 6) is 1.96. The average Bonchev–Trinajstić information content (AvgIpc) is 2.60. The molecule has 0 bridgehead atoms. The Kier molecular flexibility index (Phi) is 2.29. The van der Waals surface area contributed by atoms with Crippen LogP contribution in [0.1, 0.15) is 0 Å². The molecule has 0 aliphatic heterocycles. The molecule has 0 saturated heterocycles. The summed E-state index contributed by atoms with van der Waals surface area (Å²) in [6.07, 6.45) is 0. The minimum atomic E-state index is 0.404. The van der Waals surface area contributed by atoms with Gasteiger partial charge in [0.1, 0.15) is 5.75 Å². The Morgan fingerprint density at radius 3 is 2.33 bits per heavy atom. The van der Waals surface area contributed by atoms with Gasteiger partial charge < -0.3 is 10.5 Å². The van der Waals surface area contributed by atoms with Gasteiger partial charge in [0.2, 0.25) is 5.95 Å². The summed E-state index contributed by atoms with van der Waals surface area (Å²) in [6.45, 7) is 0. The third-order valence-corrected chi connectivity index (χ3v) is 2.26. The summed E-state index contributed by atoms with van der Waals surface area (Å²) < 4.78 is 6.81. The lowest BCUT2D eigenvalue weighted by molar-refractivity contribution is 0.415. The molecule has 2 aromatic rings. The van der Waals surface area contributed by atoms with Gasteiger partial charge in [0, 0.05) is 12.6 Å². The van der Waals surface area contributed by atoms with Crippen LogP contribution in [-0.2, 0) is 7.05 Å². The van der Waals surface area contributed by atoms with Crippen molar-refractivity contribution in [3.05, 3.63) is 24.3 Å². The van der Waals surface area contributed by atoms with Crippen molar-refractivity contribution in [3.8, 4) is 17.1 Å². The molecule has 0 fully saturated rings. The van der Waals surface area contributed by atoms with Crippen LogP contribution in [0.3, 0.4) is 0 Å². The van der Waals surface area contributed by atoms with Gasteiger partial charge in [-0.25, -0.2) is 0 Å². The van der Waals surface area contributed by atoms with Crippen LogP contribution in [0.2, 0.25) is 0 Å². The van der Waals surface area contributed by atoms with Gasteiger partial charge in [-0.1, -0.05) is 0 Å². The van der Waals surface area contributed by atoms with E-state index in [0.717, 1.165) is 17.1 Å². The number of nitrogens with zero attached hydrogens (tertiary/aromatic N) is 3. The smallest absolute Gasteiger partial charge is 0.222 e. The van der Waals surface area contributed by atoms with Crippen molar-refractivity contribution in [2.24, 2.45) is 7.05 Å². The fraction of sp³-hybridized carbons (Fsp3) is 0.200. The van der Waals surface area contributed by atoms with Crippen molar-refractivity contribution in [2.75, 3.05) is 12.8 Å². The SMILES string of the molecule is COc1ccc(-c2nnc(N)n2C)cc1. The molecular formula is C10H12N4O. The van der Waals surface area contributed by atoms with Crippen LogP contribution in [0.15, 0.2) is 24.3 Å². The van der Waals surface area contributed by atoms with Crippen molar-refractivity contribution in [3.63, 3.8) is 0 Å². The van der Waals surface area contributed by atoms with Gasteiger partial charge in [-0.2, -0.15) is 0 Å². The van der Waals surface area contributed by atoms with E-state index < -0.39 is 0 Å². The second kappa shape index (κ2) is 3.61. The Morgan fingerprint density at radius 1 is 1.20 bits per heavy atom. The van der Waals surface area contributed by atoms with E-state index in [9.17, 15) is 0 Å². The third-order valence-electron chi connectivity index (χ3n) is 2.26. The van der Waals surface area contributed by atoms with Crippen LogP contribution in [-0.4, -0.2) is 21.9 Å². The summed E-state index contributed by atoms with van der Waals surface area (Å²) in [4.78, 5) is 0. The molecule has 2 rings (SSSR count). The van der Waals surface area contributed by atoms with E-state index in [1.54, 1.807) is 11.7 Å². The number of methoxy groups -OCH3 is 1. The standard InChI is InChI=1S/C10H12N4O/c1-14-9(12-13-10(14)11)7-3-5-8(15-2)6-4-7/h3-6H,1-2H3,(H2,11,13). The number of hydrogen-bond acceptors (Lipinski definition) is 4. The zero-order valence-electron chi connectivity index (χ0n) is 8.64. The first-order chi connectivity index (χ1) is 7.22. The Hall–Kier alpha value is -2.04. The van der Waals surface area contributed by atoms with Gasteiger partial charge in [-0.05, 0) is 24.3 Å². The maximum atomic E-state index is 5.60. The zero-order chi connectivity index (χ0) is 10.8. The zero-order valence-corrected chi connectivity index (χ0v) is 8.64. The molecule has 5 nitrogen and oxygen atoms in total. The number of anilines is 1. The highest BCUT2D eigenvalue weighted by Crippen LogP contribution is 2.20. The van der Waals surface area contributed by atoms with Gasteiger partial charge in [-0.3, -0.25) is 4.57 Å². The summed E-state index contributed by atoms with van der Waals surface area (Å²) in [6, 6.07) is 7.59. The lowest BCUT2D eigenvalue weighted by Gasteiger charge is -2.02. The molecule has 15 heavy (non-hydrogen) atoms. The van der Waals surface area contributed by atoms with Gasteiger partial charge in [-0.15, -0.1) is 10.2 Å². The van der Waals surface area contributed by atoms with Crippen molar-refractivity contribution < 1.29 is 4.74 Å². The average molecular weight is 204 g/mol. The number of ether oxygens (including phenoxy) is 1. The highest BCUT2D eigenvalue weighted by Gasteiger charge is 2.07. The fourth-order valence-electron chi connectivity index (χ4n) is 1.33. The molecule has 0 saturated carbocycles. The highest BCUT2D eigenvalue weighted by molar-refractivity contribution is 5.57. The number of nitrogen functional groups attached to an aromatic ring is 1. The van der Waals surface area contributed by atoms with Crippen molar-refractivity contribution in [2.45, 2.75) is 0 Å². The molecule has 0 unspecified atom stereocenters. The van der Waals surface area contributed by atoms with E-state index in [1.165, 1.54) is 0 Å². The van der Waals surface area contributed by atoms with Crippen LogP contribution < -0.4 is 10.5 Å². The van der Waals surface area contributed by atoms with Gasteiger partial charge in [0.15, 0.2) is 5.82 Å². The Labute approximate surface area is 87.5 Å². The number of benzene rings is 1. The molecule has 2 N–H and O–H groups in total. The molecule has 0 aliphatic carbocycles. The van der Waals surface area contributed by atoms with E-state index in [1.807, 2.05) is 31.3 Å². The van der Waals surface area contributed by atoms with E-state index in [4.69, 9.17) is 10.5 Å². The quantitative estimate of drug-likeness (QED) is 0.794. The number of rotatable bonds is 2. The molecule has 1 aromatic heterocycles. The molecule has 1 heterocycles. The topological polar surface area (TPSA) is 66.0 Å². The van der Waals surface area contributed by atoms with E-state index in [2.05, 4.69) is 10.2 Å². The minimum Gasteiger partial charge on any atom is -0.497 e. The highest BCUT2D eigenvalue weighted by atomic mass is 16.5. The van der Waals surface area contributed by atoms with Crippen molar-refractivity contribution in [1.29, 1.82) is 0 Å². The Balaban J connectivity index is 2.41. The molecule has 1 aromatic carbocycles. The minimum absolute atomic E-state index is 0.404.